The molecule has 0 radical (unpaired) electrons. The van der Waals surface area contributed by atoms with E-state index >= 15 is 0 Å². The number of nitriles is 1. The quantitative estimate of drug-likeness (QED) is 0.945. The van der Waals surface area contributed by atoms with Gasteiger partial charge in [0.15, 0.2) is 0 Å². The Bertz CT molecular complexity index is 778. The highest BCUT2D eigenvalue weighted by molar-refractivity contribution is 7.92. The summed E-state index contributed by atoms with van der Waals surface area (Å²) in [5.41, 5.74) is 1.33. The van der Waals surface area contributed by atoms with Gasteiger partial charge in [0.2, 0.25) is 0 Å². The predicted molar refractivity (Wildman–Crippen MR) is 73.1 cm³/mol. The molecule has 0 aliphatic rings. The number of benzene rings is 2. The maximum atomic E-state index is 13.6. The zero-order valence-corrected chi connectivity index (χ0v) is 11.4. The Morgan fingerprint density at radius 1 is 1.15 bits per heavy atom. The fourth-order valence-corrected chi connectivity index (χ4v) is 2.86. The fraction of sp³-hybridized carbons (Fsp3) is 0.0714. The molecule has 20 heavy (non-hydrogen) atoms. The van der Waals surface area contributed by atoms with E-state index in [4.69, 9.17) is 5.26 Å². The maximum absolute atomic E-state index is 13.6. The first-order valence-electron chi connectivity index (χ1n) is 5.71. The molecule has 6 heteroatoms. The molecule has 102 valence electrons. The van der Waals surface area contributed by atoms with Crippen LogP contribution in [0.2, 0.25) is 0 Å². The lowest BCUT2D eigenvalue weighted by molar-refractivity contribution is 0.570. The second-order valence-electron chi connectivity index (χ2n) is 4.23. The van der Waals surface area contributed by atoms with Gasteiger partial charge in [-0.2, -0.15) is 5.26 Å². The van der Waals surface area contributed by atoms with Crippen molar-refractivity contribution < 1.29 is 12.8 Å². The standard InChI is InChI=1S/C14H11FN2O2S/c1-10-2-7-13(15)14(8-10)20(18,19)17-12-5-3-11(9-16)4-6-12/h2-8,17H,1H3. The molecule has 1 N–H and O–H groups in total. The van der Waals surface area contributed by atoms with Crippen molar-refractivity contribution in [1.82, 2.24) is 0 Å². The Balaban J connectivity index is 2.35. The number of nitrogens with zero attached hydrogens (tertiary/aromatic N) is 1. The Hall–Kier alpha value is -2.39. The Morgan fingerprint density at radius 2 is 1.80 bits per heavy atom. The minimum Gasteiger partial charge on any atom is -0.280 e. The second kappa shape index (κ2) is 5.31. The van der Waals surface area contributed by atoms with E-state index in [1.54, 1.807) is 6.92 Å². The van der Waals surface area contributed by atoms with Crippen LogP contribution in [0, 0.1) is 24.1 Å². The van der Waals surface area contributed by atoms with Crippen LogP contribution in [0.15, 0.2) is 47.4 Å². The van der Waals surface area contributed by atoms with Crippen molar-refractivity contribution in [2.45, 2.75) is 11.8 Å². The van der Waals surface area contributed by atoms with Gasteiger partial charge in [0.1, 0.15) is 10.7 Å². The van der Waals surface area contributed by atoms with Gasteiger partial charge in [0, 0.05) is 5.69 Å². The van der Waals surface area contributed by atoms with Gasteiger partial charge in [-0.15, -0.1) is 0 Å². The van der Waals surface area contributed by atoms with Crippen LogP contribution >= 0.6 is 0 Å². The van der Waals surface area contributed by atoms with Crippen LogP contribution in [0.25, 0.3) is 0 Å². The number of rotatable bonds is 3. The van der Waals surface area contributed by atoms with Gasteiger partial charge in [-0.05, 0) is 48.9 Å². The molecular weight excluding hydrogens is 279 g/mol. The zero-order chi connectivity index (χ0) is 14.8. The van der Waals surface area contributed by atoms with Crippen LogP contribution in [0.1, 0.15) is 11.1 Å². The summed E-state index contributed by atoms with van der Waals surface area (Å²) in [6.07, 6.45) is 0. The van der Waals surface area contributed by atoms with Crippen molar-refractivity contribution in [2.75, 3.05) is 4.72 Å². The van der Waals surface area contributed by atoms with Gasteiger partial charge in [-0.3, -0.25) is 4.72 Å². The van der Waals surface area contributed by atoms with Crippen molar-refractivity contribution in [3.63, 3.8) is 0 Å². The van der Waals surface area contributed by atoms with Crippen LogP contribution in [0.3, 0.4) is 0 Å². The smallest absolute Gasteiger partial charge is 0.264 e. The van der Waals surface area contributed by atoms with E-state index < -0.39 is 20.7 Å². The zero-order valence-electron chi connectivity index (χ0n) is 10.6. The third kappa shape index (κ3) is 2.95. The molecule has 4 nitrogen and oxygen atoms in total. The molecule has 2 aromatic rings. The molecule has 0 heterocycles. The SMILES string of the molecule is Cc1ccc(F)c(S(=O)(=O)Nc2ccc(C#N)cc2)c1. The van der Waals surface area contributed by atoms with Crippen molar-refractivity contribution in [2.24, 2.45) is 0 Å². The highest BCUT2D eigenvalue weighted by atomic mass is 32.2. The molecule has 0 fully saturated rings. The lowest BCUT2D eigenvalue weighted by atomic mass is 10.2. The average Bonchev–Trinajstić information content (AvgIpc) is 2.42. The first-order valence-corrected chi connectivity index (χ1v) is 7.20. The molecule has 0 bridgehead atoms. The van der Waals surface area contributed by atoms with Gasteiger partial charge in [-0.25, -0.2) is 12.8 Å². The van der Waals surface area contributed by atoms with E-state index in [9.17, 15) is 12.8 Å². The van der Waals surface area contributed by atoms with Gasteiger partial charge in [0.05, 0.1) is 11.6 Å². The summed E-state index contributed by atoms with van der Waals surface area (Å²) in [5, 5.41) is 8.67. The van der Waals surface area contributed by atoms with Crippen LogP contribution < -0.4 is 4.72 Å². The number of hydrogen-bond acceptors (Lipinski definition) is 3. The van der Waals surface area contributed by atoms with Gasteiger partial charge in [-0.1, -0.05) is 6.07 Å². The predicted octanol–water partition coefficient (Wildman–Crippen LogP) is 2.81. The fourth-order valence-electron chi connectivity index (χ4n) is 1.64. The largest absolute Gasteiger partial charge is 0.280 e. The molecule has 0 spiro atoms. The molecule has 0 atom stereocenters. The molecule has 2 aromatic carbocycles. The number of aryl methyl sites for hydroxylation is 1. The van der Waals surface area contributed by atoms with Crippen molar-refractivity contribution in [3.05, 3.63) is 59.4 Å². The first-order chi connectivity index (χ1) is 9.42. The minimum absolute atomic E-state index is 0.268. The lowest BCUT2D eigenvalue weighted by Gasteiger charge is -2.09. The topological polar surface area (TPSA) is 70.0 Å². The van der Waals surface area contributed by atoms with E-state index in [2.05, 4.69) is 4.72 Å². The Kier molecular flexibility index (Phi) is 3.72. The van der Waals surface area contributed by atoms with Crippen LogP contribution in [-0.4, -0.2) is 8.42 Å². The van der Waals surface area contributed by atoms with Gasteiger partial charge in [0.25, 0.3) is 10.0 Å². The summed E-state index contributed by atoms with van der Waals surface area (Å²) in [6.45, 7) is 1.68. The maximum Gasteiger partial charge on any atom is 0.264 e. The summed E-state index contributed by atoms with van der Waals surface area (Å²) in [4.78, 5) is -0.401. The highest BCUT2D eigenvalue weighted by Gasteiger charge is 2.19. The molecule has 0 amide bonds. The van der Waals surface area contributed by atoms with Gasteiger partial charge >= 0.3 is 0 Å². The third-order valence-corrected chi connectivity index (χ3v) is 4.04. The number of hydrogen-bond donors (Lipinski definition) is 1. The number of anilines is 1. The molecule has 0 aromatic heterocycles. The molecule has 0 saturated carbocycles. The van der Waals surface area contributed by atoms with E-state index in [0.29, 0.717) is 11.1 Å². The van der Waals surface area contributed by atoms with E-state index in [1.807, 2.05) is 6.07 Å². The van der Waals surface area contributed by atoms with E-state index in [1.165, 1.54) is 36.4 Å². The number of halogens is 1. The average molecular weight is 290 g/mol. The Morgan fingerprint density at radius 3 is 2.40 bits per heavy atom. The monoisotopic (exact) mass is 290 g/mol. The summed E-state index contributed by atoms with van der Waals surface area (Å²) in [5.74, 6) is -0.809. The van der Waals surface area contributed by atoms with E-state index in [0.717, 1.165) is 6.07 Å². The summed E-state index contributed by atoms with van der Waals surface area (Å²) < 4.78 is 40.1. The molecular formula is C14H11FN2O2S. The highest BCUT2D eigenvalue weighted by Crippen LogP contribution is 2.20. The normalized spacial score (nSPS) is 10.8. The van der Waals surface area contributed by atoms with Crippen LogP contribution in [-0.2, 0) is 10.0 Å². The Labute approximate surface area is 116 Å². The molecule has 0 aliphatic carbocycles. The second-order valence-corrected chi connectivity index (χ2v) is 5.88. The number of nitrogens with one attached hydrogen (secondary N) is 1. The minimum atomic E-state index is -3.99. The molecule has 0 saturated heterocycles. The van der Waals surface area contributed by atoms with Crippen LogP contribution in [0.4, 0.5) is 10.1 Å². The molecule has 0 aliphatic heterocycles. The van der Waals surface area contributed by atoms with Gasteiger partial charge < -0.3 is 0 Å². The van der Waals surface area contributed by atoms with Crippen molar-refractivity contribution in [1.29, 1.82) is 5.26 Å². The summed E-state index contributed by atoms with van der Waals surface area (Å²) >= 11 is 0. The third-order valence-electron chi connectivity index (χ3n) is 2.64. The first kappa shape index (κ1) is 14.0. The number of sulfonamides is 1. The van der Waals surface area contributed by atoms with Crippen molar-refractivity contribution >= 4 is 15.7 Å². The molecule has 0 unspecified atom stereocenters. The summed E-state index contributed by atoms with van der Waals surface area (Å²) in [7, 11) is -3.99. The molecule has 2 rings (SSSR count). The lowest BCUT2D eigenvalue weighted by Crippen LogP contribution is -2.14. The van der Waals surface area contributed by atoms with Crippen LogP contribution in [0.5, 0.6) is 0 Å². The van der Waals surface area contributed by atoms with E-state index in [-0.39, 0.29) is 5.69 Å². The summed E-state index contributed by atoms with van der Waals surface area (Å²) in [6, 6.07) is 11.7. The van der Waals surface area contributed by atoms with Crippen molar-refractivity contribution in [3.8, 4) is 6.07 Å².